The van der Waals surface area contributed by atoms with E-state index in [1.54, 1.807) is 6.07 Å². The van der Waals surface area contributed by atoms with Crippen molar-refractivity contribution in [3.63, 3.8) is 0 Å². The fraction of sp³-hybridized carbons (Fsp3) is 0.556. The van der Waals surface area contributed by atoms with E-state index in [4.69, 9.17) is 11.6 Å². The van der Waals surface area contributed by atoms with Crippen LogP contribution in [-0.4, -0.2) is 16.5 Å². The Labute approximate surface area is 89.4 Å². The van der Waals surface area contributed by atoms with Crippen molar-refractivity contribution in [3.8, 4) is 0 Å². The smallest absolute Gasteiger partial charge is 0.223 e. The molecule has 1 aromatic heterocycles. The summed E-state index contributed by atoms with van der Waals surface area (Å²) in [4.78, 5) is 7.92. The summed E-state index contributed by atoms with van der Waals surface area (Å²) >= 11 is 0. The van der Waals surface area contributed by atoms with Crippen LogP contribution in [-0.2, 0) is 0 Å². The zero-order chi connectivity index (χ0) is 11.3. The molecule has 0 radical (unpaired) electrons. The summed E-state index contributed by atoms with van der Waals surface area (Å²) in [6, 6.07) is 1.72. The summed E-state index contributed by atoms with van der Waals surface area (Å²) in [6.07, 6.45) is 1.08. The molecule has 0 unspecified atom stereocenters. The SMILES string of the molecule is CC(C)CCNc1cc(NN)nc(N)n1. The minimum absolute atomic E-state index is 0.206. The fourth-order valence-electron chi connectivity index (χ4n) is 1.12. The number of anilines is 3. The maximum Gasteiger partial charge on any atom is 0.223 e. The van der Waals surface area contributed by atoms with Gasteiger partial charge in [-0.1, -0.05) is 13.8 Å². The lowest BCUT2D eigenvalue weighted by molar-refractivity contribution is 0.606. The second-order valence-electron chi connectivity index (χ2n) is 3.75. The highest BCUT2D eigenvalue weighted by Crippen LogP contribution is 2.11. The number of hydrogen-bond donors (Lipinski definition) is 4. The van der Waals surface area contributed by atoms with Gasteiger partial charge in [0, 0.05) is 12.6 Å². The highest BCUT2D eigenvalue weighted by Gasteiger charge is 2.01. The van der Waals surface area contributed by atoms with Gasteiger partial charge < -0.3 is 16.5 Å². The van der Waals surface area contributed by atoms with Gasteiger partial charge in [-0.2, -0.15) is 9.97 Å². The molecule has 1 rings (SSSR count). The summed E-state index contributed by atoms with van der Waals surface area (Å²) in [7, 11) is 0. The highest BCUT2D eigenvalue weighted by molar-refractivity contribution is 5.50. The minimum atomic E-state index is 0.206. The van der Waals surface area contributed by atoms with Crippen molar-refractivity contribution in [1.82, 2.24) is 9.97 Å². The molecular formula is C9H18N6. The van der Waals surface area contributed by atoms with Crippen LogP contribution in [0.25, 0.3) is 0 Å². The average molecular weight is 210 g/mol. The highest BCUT2D eigenvalue weighted by atomic mass is 15.3. The molecule has 0 aromatic carbocycles. The van der Waals surface area contributed by atoms with E-state index in [9.17, 15) is 0 Å². The average Bonchev–Trinajstić information content (AvgIpc) is 2.16. The van der Waals surface area contributed by atoms with E-state index >= 15 is 0 Å². The van der Waals surface area contributed by atoms with Crippen LogP contribution in [0.15, 0.2) is 6.07 Å². The van der Waals surface area contributed by atoms with Crippen molar-refractivity contribution in [1.29, 1.82) is 0 Å². The van der Waals surface area contributed by atoms with Crippen LogP contribution in [0.2, 0.25) is 0 Å². The first-order valence-electron chi connectivity index (χ1n) is 4.97. The number of nitrogens with two attached hydrogens (primary N) is 2. The van der Waals surface area contributed by atoms with E-state index in [0.717, 1.165) is 13.0 Å². The first-order valence-corrected chi connectivity index (χ1v) is 4.97. The molecule has 0 aliphatic heterocycles. The topological polar surface area (TPSA) is 102 Å². The standard InChI is InChI=1S/C9H18N6/c1-6(2)3-4-12-7-5-8(15-11)14-9(10)13-7/h5-6H,3-4,11H2,1-2H3,(H4,10,12,13,14,15). The van der Waals surface area contributed by atoms with Crippen molar-refractivity contribution in [2.24, 2.45) is 11.8 Å². The second-order valence-corrected chi connectivity index (χ2v) is 3.75. The number of rotatable bonds is 5. The number of nitrogen functional groups attached to an aromatic ring is 2. The van der Waals surface area contributed by atoms with E-state index in [2.05, 4.69) is 34.6 Å². The van der Waals surface area contributed by atoms with Crippen molar-refractivity contribution >= 4 is 17.6 Å². The monoisotopic (exact) mass is 210 g/mol. The van der Waals surface area contributed by atoms with E-state index in [1.807, 2.05) is 0 Å². The zero-order valence-electron chi connectivity index (χ0n) is 9.12. The third-order valence-corrected chi connectivity index (χ3v) is 1.92. The molecule has 0 fully saturated rings. The number of hydrogen-bond acceptors (Lipinski definition) is 6. The largest absolute Gasteiger partial charge is 0.370 e. The zero-order valence-corrected chi connectivity index (χ0v) is 9.12. The summed E-state index contributed by atoms with van der Waals surface area (Å²) in [5, 5.41) is 3.16. The maximum atomic E-state index is 5.51. The fourth-order valence-corrected chi connectivity index (χ4v) is 1.12. The molecule has 6 heteroatoms. The molecule has 0 aliphatic carbocycles. The van der Waals surface area contributed by atoms with Gasteiger partial charge >= 0.3 is 0 Å². The Bertz CT molecular complexity index is 311. The molecule has 0 saturated heterocycles. The minimum Gasteiger partial charge on any atom is -0.370 e. The van der Waals surface area contributed by atoms with E-state index in [0.29, 0.717) is 17.6 Å². The molecule has 0 bridgehead atoms. The second kappa shape index (κ2) is 5.35. The summed E-state index contributed by atoms with van der Waals surface area (Å²) in [6.45, 7) is 5.20. The molecule has 0 aliphatic rings. The number of nitrogens with zero attached hydrogens (tertiary/aromatic N) is 2. The number of nitrogens with one attached hydrogen (secondary N) is 2. The first kappa shape index (κ1) is 11.5. The molecule has 6 nitrogen and oxygen atoms in total. The molecular weight excluding hydrogens is 192 g/mol. The van der Waals surface area contributed by atoms with E-state index in [-0.39, 0.29) is 5.95 Å². The van der Waals surface area contributed by atoms with Gasteiger partial charge in [0.2, 0.25) is 5.95 Å². The first-order chi connectivity index (χ1) is 7.11. The molecule has 0 amide bonds. The van der Waals surface area contributed by atoms with Gasteiger partial charge in [0.15, 0.2) is 0 Å². The lowest BCUT2D eigenvalue weighted by Crippen LogP contribution is -2.12. The third kappa shape index (κ3) is 3.99. The number of aromatic nitrogens is 2. The van der Waals surface area contributed by atoms with Crippen LogP contribution < -0.4 is 22.3 Å². The normalized spacial score (nSPS) is 10.4. The van der Waals surface area contributed by atoms with E-state index in [1.165, 1.54) is 0 Å². The van der Waals surface area contributed by atoms with Crippen LogP contribution >= 0.6 is 0 Å². The van der Waals surface area contributed by atoms with Crippen LogP contribution in [0.3, 0.4) is 0 Å². The molecule has 0 spiro atoms. The van der Waals surface area contributed by atoms with Gasteiger partial charge in [-0.25, -0.2) is 5.84 Å². The Morgan fingerprint density at radius 3 is 2.60 bits per heavy atom. The number of hydrazine groups is 1. The van der Waals surface area contributed by atoms with Crippen molar-refractivity contribution in [3.05, 3.63) is 6.07 Å². The maximum absolute atomic E-state index is 5.51. The summed E-state index contributed by atoms with van der Waals surface area (Å²) in [5.41, 5.74) is 7.94. The van der Waals surface area contributed by atoms with Gasteiger partial charge in [0.05, 0.1) is 0 Å². The van der Waals surface area contributed by atoms with Crippen molar-refractivity contribution < 1.29 is 0 Å². The van der Waals surface area contributed by atoms with E-state index < -0.39 is 0 Å². The lowest BCUT2D eigenvalue weighted by atomic mass is 10.1. The van der Waals surface area contributed by atoms with Crippen LogP contribution in [0.1, 0.15) is 20.3 Å². The molecule has 0 atom stereocenters. The van der Waals surface area contributed by atoms with Gasteiger partial charge in [0.1, 0.15) is 11.6 Å². The summed E-state index contributed by atoms with van der Waals surface area (Å²) in [5.74, 6) is 7.30. The quantitative estimate of drug-likeness (QED) is 0.423. The van der Waals surface area contributed by atoms with Crippen molar-refractivity contribution in [2.75, 3.05) is 23.0 Å². The van der Waals surface area contributed by atoms with Crippen molar-refractivity contribution in [2.45, 2.75) is 20.3 Å². The van der Waals surface area contributed by atoms with Crippen LogP contribution in [0, 0.1) is 5.92 Å². The molecule has 6 N–H and O–H groups in total. The molecule has 1 aromatic rings. The summed E-state index contributed by atoms with van der Waals surface area (Å²) < 4.78 is 0. The molecule has 84 valence electrons. The Balaban J connectivity index is 2.56. The Morgan fingerprint density at radius 2 is 2.00 bits per heavy atom. The third-order valence-electron chi connectivity index (χ3n) is 1.92. The Kier molecular flexibility index (Phi) is 4.11. The molecule has 15 heavy (non-hydrogen) atoms. The predicted molar refractivity (Wildman–Crippen MR) is 62.2 cm³/mol. The van der Waals surface area contributed by atoms with Crippen LogP contribution in [0.4, 0.5) is 17.6 Å². The van der Waals surface area contributed by atoms with Gasteiger partial charge in [-0.05, 0) is 12.3 Å². The van der Waals surface area contributed by atoms with Gasteiger partial charge in [-0.3, -0.25) is 0 Å². The van der Waals surface area contributed by atoms with Gasteiger partial charge in [-0.15, -0.1) is 0 Å². The predicted octanol–water partition coefficient (Wildman–Crippen LogP) is 0.802. The van der Waals surface area contributed by atoms with Crippen LogP contribution in [0.5, 0.6) is 0 Å². The molecule has 0 saturated carbocycles. The lowest BCUT2D eigenvalue weighted by Gasteiger charge is -2.09. The van der Waals surface area contributed by atoms with Gasteiger partial charge in [0.25, 0.3) is 0 Å². The Hall–Kier alpha value is -1.56. The molecule has 1 heterocycles. The Morgan fingerprint density at radius 1 is 1.33 bits per heavy atom.